The minimum Gasteiger partial charge on any atom is -0.494 e. The highest BCUT2D eigenvalue weighted by Crippen LogP contribution is 2.24. The SMILES string of the molecule is C[C@@H]1CN(C(=O)CCCOc2ccc(C(C)(C)C)cc2)CC(C(=O)O)O1. The molecule has 1 aliphatic heterocycles. The van der Waals surface area contributed by atoms with Crippen molar-refractivity contribution in [1.82, 2.24) is 4.90 Å². The number of hydrogen-bond donors (Lipinski definition) is 1. The van der Waals surface area contributed by atoms with Crippen LogP contribution < -0.4 is 4.74 Å². The van der Waals surface area contributed by atoms with Gasteiger partial charge in [0.1, 0.15) is 5.75 Å². The van der Waals surface area contributed by atoms with Crippen molar-refractivity contribution in [3.63, 3.8) is 0 Å². The molecular formula is C20H29NO5. The monoisotopic (exact) mass is 363 g/mol. The molecule has 26 heavy (non-hydrogen) atoms. The molecule has 0 bridgehead atoms. The zero-order chi connectivity index (χ0) is 19.3. The number of carboxylic acid groups (broad SMARTS) is 1. The zero-order valence-electron chi connectivity index (χ0n) is 16.0. The first-order valence-electron chi connectivity index (χ1n) is 9.06. The molecule has 2 rings (SSSR count). The molecule has 1 aromatic rings. The van der Waals surface area contributed by atoms with Gasteiger partial charge in [0.2, 0.25) is 5.91 Å². The van der Waals surface area contributed by atoms with Gasteiger partial charge in [-0.15, -0.1) is 0 Å². The highest BCUT2D eigenvalue weighted by atomic mass is 16.5. The smallest absolute Gasteiger partial charge is 0.334 e. The molecule has 0 radical (unpaired) electrons. The molecule has 2 atom stereocenters. The van der Waals surface area contributed by atoms with Crippen molar-refractivity contribution in [3.05, 3.63) is 29.8 Å². The lowest BCUT2D eigenvalue weighted by Crippen LogP contribution is -2.51. The number of amides is 1. The Kier molecular flexibility index (Phi) is 6.64. The molecule has 0 aliphatic carbocycles. The summed E-state index contributed by atoms with van der Waals surface area (Å²) in [4.78, 5) is 25.0. The fourth-order valence-electron chi connectivity index (χ4n) is 2.91. The first-order chi connectivity index (χ1) is 12.2. The van der Waals surface area contributed by atoms with Crippen molar-refractivity contribution < 1.29 is 24.2 Å². The summed E-state index contributed by atoms with van der Waals surface area (Å²) in [6.07, 6.45) is -0.297. The molecule has 1 heterocycles. The fraction of sp³-hybridized carbons (Fsp3) is 0.600. The maximum atomic E-state index is 12.3. The van der Waals surface area contributed by atoms with Crippen molar-refractivity contribution >= 4 is 11.9 Å². The molecule has 1 N–H and O–H groups in total. The summed E-state index contributed by atoms with van der Waals surface area (Å²) in [5.74, 6) is -0.300. The maximum Gasteiger partial charge on any atom is 0.334 e. The fourth-order valence-corrected chi connectivity index (χ4v) is 2.91. The largest absolute Gasteiger partial charge is 0.494 e. The lowest BCUT2D eigenvalue weighted by molar-refractivity contribution is -0.166. The van der Waals surface area contributed by atoms with Crippen LogP contribution in [-0.4, -0.2) is 53.8 Å². The summed E-state index contributed by atoms with van der Waals surface area (Å²) in [5, 5.41) is 9.08. The third-order valence-corrected chi connectivity index (χ3v) is 4.41. The first-order valence-corrected chi connectivity index (χ1v) is 9.06. The van der Waals surface area contributed by atoms with Gasteiger partial charge in [0.15, 0.2) is 6.10 Å². The summed E-state index contributed by atoms with van der Waals surface area (Å²) in [5.41, 5.74) is 1.35. The number of carbonyl (C=O) groups excluding carboxylic acids is 1. The number of benzene rings is 1. The van der Waals surface area contributed by atoms with Gasteiger partial charge in [-0.05, 0) is 36.5 Å². The molecule has 1 unspecified atom stereocenters. The van der Waals surface area contributed by atoms with Crippen molar-refractivity contribution in [2.75, 3.05) is 19.7 Å². The van der Waals surface area contributed by atoms with Crippen molar-refractivity contribution in [3.8, 4) is 5.75 Å². The molecule has 144 valence electrons. The van der Waals surface area contributed by atoms with E-state index < -0.39 is 12.1 Å². The van der Waals surface area contributed by atoms with E-state index in [1.165, 1.54) is 5.56 Å². The van der Waals surface area contributed by atoms with E-state index in [4.69, 9.17) is 14.6 Å². The van der Waals surface area contributed by atoms with Crippen LogP contribution in [0.4, 0.5) is 0 Å². The minimum absolute atomic E-state index is 0.0573. The van der Waals surface area contributed by atoms with Crippen LogP contribution in [0.2, 0.25) is 0 Å². The van der Waals surface area contributed by atoms with Gasteiger partial charge in [0.25, 0.3) is 0 Å². The van der Waals surface area contributed by atoms with Crippen molar-refractivity contribution in [2.24, 2.45) is 0 Å². The second-order valence-electron chi connectivity index (χ2n) is 7.80. The summed E-state index contributed by atoms with van der Waals surface area (Å²) in [6.45, 7) is 9.25. The van der Waals surface area contributed by atoms with Gasteiger partial charge in [-0.25, -0.2) is 4.79 Å². The van der Waals surface area contributed by atoms with Gasteiger partial charge >= 0.3 is 5.97 Å². The molecule has 1 aromatic carbocycles. The summed E-state index contributed by atoms with van der Waals surface area (Å²) in [6, 6.07) is 8.01. The van der Waals surface area contributed by atoms with Crippen LogP contribution in [0.1, 0.15) is 46.1 Å². The van der Waals surface area contributed by atoms with Crippen LogP contribution in [0.5, 0.6) is 5.75 Å². The Labute approximate surface area is 155 Å². The standard InChI is InChI=1S/C20H29NO5/c1-14-12-21(13-17(26-14)19(23)24)18(22)6-5-11-25-16-9-7-15(8-10-16)20(2,3)4/h7-10,14,17H,5-6,11-13H2,1-4H3,(H,23,24)/t14-,17?/m1/s1. The first kappa shape index (κ1) is 20.2. The van der Waals surface area contributed by atoms with E-state index >= 15 is 0 Å². The lowest BCUT2D eigenvalue weighted by Gasteiger charge is -2.35. The number of carbonyl (C=O) groups is 2. The van der Waals surface area contributed by atoms with Crippen LogP contribution >= 0.6 is 0 Å². The van der Waals surface area contributed by atoms with Gasteiger partial charge < -0.3 is 19.5 Å². The van der Waals surface area contributed by atoms with E-state index in [1.807, 2.05) is 12.1 Å². The Bertz CT molecular complexity index is 620. The predicted molar refractivity (Wildman–Crippen MR) is 98.4 cm³/mol. The normalized spacial score (nSPS) is 20.7. The molecule has 1 aliphatic rings. The maximum absolute atomic E-state index is 12.3. The topological polar surface area (TPSA) is 76.1 Å². The quantitative estimate of drug-likeness (QED) is 0.787. The molecule has 1 fully saturated rings. The number of hydrogen-bond acceptors (Lipinski definition) is 4. The van der Waals surface area contributed by atoms with Gasteiger partial charge in [-0.1, -0.05) is 32.9 Å². The Morgan fingerprint density at radius 2 is 1.88 bits per heavy atom. The minimum atomic E-state index is -1.03. The molecule has 1 amide bonds. The van der Waals surface area contributed by atoms with Gasteiger partial charge in [-0.2, -0.15) is 0 Å². The average Bonchev–Trinajstić information content (AvgIpc) is 2.57. The molecule has 6 heteroatoms. The van der Waals surface area contributed by atoms with E-state index in [1.54, 1.807) is 11.8 Å². The number of morpholine rings is 1. The number of ether oxygens (including phenoxy) is 2. The second-order valence-corrected chi connectivity index (χ2v) is 7.80. The van der Waals surface area contributed by atoms with E-state index in [-0.39, 0.29) is 24.0 Å². The van der Waals surface area contributed by atoms with Crippen LogP contribution in [0.3, 0.4) is 0 Å². The van der Waals surface area contributed by atoms with Gasteiger partial charge in [0.05, 0.1) is 19.3 Å². The van der Waals surface area contributed by atoms with Gasteiger partial charge in [0, 0.05) is 13.0 Å². The Morgan fingerprint density at radius 3 is 2.46 bits per heavy atom. The van der Waals surface area contributed by atoms with E-state index in [0.717, 1.165) is 5.75 Å². The summed E-state index contributed by atoms with van der Waals surface area (Å²) in [7, 11) is 0. The lowest BCUT2D eigenvalue weighted by atomic mass is 9.87. The molecule has 1 saturated heterocycles. The molecule has 6 nitrogen and oxygen atoms in total. The summed E-state index contributed by atoms with van der Waals surface area (Å²) >= 11 is 0. The van der Waals surface area contributed by atoms with Crippen LogP contribution in [0, 0.1) is 0 Å². The highest BCUT2D eigenvalue weighted by molar-refractivity contribution is 5.78. The second kappa shape index (κ2) is 8.54. The van der Waals surface area contributed by atoms with Crippen molar-refractivity contribution in [1.29, 1.82) is 0 Å². The molecular weight excluding hydrogens is 334 g/mol. The van der Waals surface area contributed by atoms with Crippen LogP contribution in [0.25, 0.3) is 0 Å². The molecule has 0 aromatic heterocycles. The summed E-state index contributed by atoms with van der Waals surface area (Å²) < 4.78 is 11.0. The van der Waals surface area contributed by atoms with E-state index in [2.05, 4.69) is 32.9 Å². The zero-order valence-corrected chi connectivity index (χ0v) is 16.0. The van der Waals surface area contributed by atoms with Crippen LogP contribution in [-0.2, 0) is 19.7 Å². The van der Waals surface area contributed by atoms with E-state index in [9.17, 15) is 9.59 Å². The van der Waals surface area contributed by atoms with Crippen LogP contribution in [0.15, 0.2) is 24.3 Å². The van der Waals surface area contributed by atoms with Gasteiger partial charge in [-0.3, -0.25) is 4.79 Å². The average molecular weight is 363 g/mol. The molecule has 0 saturated carbocycles. The number of carboxylic acids is 1. The Balaban J connectivity index is 1.75. The third kappa shape index (κ3) is 5.73. The van der Waals surface area contributed by atoms with E-state index in [0.29, 0.717) is 26.0 Å². The number of rotatable bonds is 6. The van der Waals surface area contributed by atoms with Crippen molar-refractivity contribution in [2.45, 2.75) is 58.2 Å². The third-order valence-electron chi connectivity index (χ3n) is 4.41. The number of nitrogens with zero attached hydrogens (tertiary/aromatic N) is 1. The Morgan fingerprint density at radius 1 is 1.23 bits per heavy atom. The Hall–Kier alpha value is -2.08. The predicted octanol–water partition coefficient (Wildman–Crippen LogP) is 2.84. The highest BCUT2D eigenvalue weighted by Gasteiger charge is 2.32. The number of aliphatic carboxylic acids is 1. The molecule has 0 spiro atoms.